The molecule has 0 atom stereocenters. The normalized spacial score (nSPS) is 13.5. The van der Waals surface area contributed by atoms with E-state index in [4.69, 9.17) is 8.06 Å². The molecule has 0 heterocycles. The molecule has 0 saturated heterocycles. The summed E-state index contributed by atoms with van der Waals surface area (Å²) in [5, 5.41) is 0. The fourth-order valence-electron chi connectivity index (χ4n) is 2.58. The molecule has 0 spiro atoms. The summed E-state index contributed by atoms with van der Waals surface area (Å²) in [6.45, 7) is 13.4. The molecule has 0 amide bonds. The van der Waals surface area contributed by atoms with Crippen molar-refractivity contribution in [1.82, 2.24) is 0 Å². The van der Waals surface area contributed by atoms with Gasteiger partial charge in [-0.15, -0.1) is 0 Å². The SMILES string of the molecule is COc1cc(C(C)(C)C)c([O][Ti][C]2=CC=CC2)c(C(C)(C)C)c1.F.F. The van der Waals surface area contributed by atoms with Crippen LogP contribution in [0, 0.1) is 0 Å². The van der Waals surface area contributed by atoms with Gasteiger partial charge in [0.15, 0.2) is 0 Å². The van der Waals surface area contributed by atoms with Gasteiger partial charge in [0.1, 0.15) is 0 Å². The number of hydrogen-bond acceptors (Lipinski definition) is 2. The van der Waals surface area contributed by atoms with Gasteiger partial charge in [0.25, 0.3) is 0 Å². The Labute approximate surface area is 159 Å². The molecule has 0 unspecified atom stereocenters. The van der Waals surface area contributed by atoms with Crippen LogP contribution in [0.15, 0.2) is 34.2 Å². The third-order valence-corrected chi connectivity index (χ3v) is 5.44. The predicted molar refractivity (Wildman–Crippen MR) is 97.9 cm³/mol. The van der Waals surface area contributed by atoms with Crippen LogP contribution in [0.25, 0.3) is 0 Å². The number of rotatable bonds is 4. The van der Waals surface area contributed by atoms with E-state index in [-0.39, 0.29) is 20.2 Å². The number of halogens is 2. The van der Waals surface area contributed by atoms with Crippen LogP contribution in [0.1, 0.15) is 59.1 Å². The van der Waals surface area contributed by atoms with Crippen molar-refractivity contribution in [3.63, 3.8) is 0 Å². The third kappa shape index (κ3) is 5.97. The maximum atomic E-state index is 6.47. The molecule has 1 aromatic carbocycles. The van der Waals surface area contributed by atoms with E-state index in [9.17, 15) is 0 Å². The molecule has 0 radical (unpaired) electrons. The summed E-state index contributed by atoms with van der Waals surface area (Å²) in [6.07, 6.45) is 7.58. The predicted octanol–water partition coefficient (Wildman–Crippen LogP) is 5.82. The topological polar surface area (TPSA) is 18.5 Å². The van der Waals surface area contributed by atoms with Gasteiger partial charge in [-0.25, -0.2) is 0 Å². The minimum absolute atomic E-state index is 0. The standard InChI is InChI=1S/C15H24O2.C5H5.2FH.Ti/c1-14(2,3)11-8-10(17-7)9-12(13(11)16)15(4,5)6;1-2-4-5-3-1;;;/h8-9,16H,1-7H3;1-3H,4H2;2*1H;/q;;;;+1/p-1. The molecule has 140 valence electrons. The maximum absolute atomic E-state index is 6.47. The van der Waals surface area contributed by atoms with Crippen molar-refractivity contribution in [2.45, 2.75) is 58.8 Å². The number of hydrogen-bond donors (Lipinski definition) is 0. The number of benzene rings is 1. The first-order chi connectivity index (χ1) is 10.6. The quantitative estimate of drug-likeness (QED) is 0.606. The molecule has 0 aromatic heterocycles. The fourth-order valence-corrected chi connectivity index (χ4v) is 3.86. The van der Waals surface area contributed by atoms with Gasteiger partial charge in [0.05, 0.1) is 0 Å². The molecule has 0 saturated carbocycles. The summed E-state index contributed by atoms with van der Waals surface area (Å²) in [5.41, 5.74) is 2.49. The molecule has 0 N–H and O–H groups in total. The average Bonchev–Trinajstić information content (AvgIpc) is 2.95. The van der Waals surface area contributed by atoms with Crippen molar-refractivity contribution < 1.29 is 37.0 Å². The van der Waals surface area contributed by atoms with Crippen LogP contribution in [0.5, 0.6) is 11.5 Å². The van der Waals surface area contributed by atoms with Gasteiger partial charge in [-0.1, -0.05) is 0 Å². The molecule has 25 heavy (non-hydrogen) atoms. The Balaban J connectivity index is 0.00000288. The van der Waals surface area contributed by atoms with Gasteiger partial charge in [-0.3, -0.25) is 9.41 Å². The van der Waals surface area contributed by atoms with Gasteiger partial charge in [0, 0.05) is 0 Å². The van der Waals surface area contributed by atoms with Gasteiger partial charge >= 0.3 is 150 Å². The van der Waals surface area contributed by atoms with Crippen molar-refractivity contribution in [2.24, 2.45) is 0 Å². The van der Waals surface area contributed by atoms with Crippen molar-refractivity contribution in [3.05, 3.63) is 45.4 Å². The minimum Gasteiger partial charge on any atom is -0.269 e. The Bertz CT molecular complexity index is 603. The molecule has 0 fully saturated rings. The molecule has 2 rings (SSSR count). The number of ether oxygens (including phenoxy) is 1. The molecule has 1 aromatic rings. The summed E-state index contributed by atoms with van der Waals surface area (Å²) < 4.78 is 13.5. The van der Waals surface area contributed by atoms with Crippen molar-refractivity contribution in [1.29, 1.82) is 0 Å². The molecule has 1 aliphatic rings. The van der Waals surface area contributed by atoms with Gasteiger partial charge in [-0.05, 0) is 0 Å². The Morgan fingerprint density at radius 2 is 1.44 bits per heavy atom. The molecule has 0 aliphatic heterocycles. The van der Waals surface area contributed by atoms with Gasteiger partial charge in [0.2, 0.25) is 0 Å². The van der Waals surface area contributed by atoms with Crippen LogP contribution in [0.2, 0.25) is 0 Å². The van der Waals surface area contributed by atoms with Crippen LogP contribution in [0.3, 0.4) is 0 Å². The van der Waals surface area contributed by atoms with E-state index in [0.29, 0.717) is 0 Å². The fraction of sp³-hybridized carbons (Fsp3) is 0.500. The molecular weight excluding hydrogens is 358 g/mol. The second-order valence-electron chi connectivity index (χ2n) is 8.08. The summed E-state index contributed by atoms with van der Waals surface area (Å²) >= 11 is -0.593. The first kappa shape index (κ1) is 23.9. The van der Waals surface area contributed by atoms with Crippen LogP contribution in [0.4, 0.5) is 9.41 Å². The Morgan fingerprint density at radius 3 is 1.80 bits per heavy atom. The zero-order valence-corrected chi connectivity index (χ0v) is 17.8. The van der Waals surface area contributed by atoms with E-state index in [0.717, 1.165) is 17.9 Å². The summed E-state index contributed by atoms with van der Waals surface area (Å²) in [5.74, 6) is 1.98. The van der Waals surface area contributed by atoms with Crippen molar-refractivity contribution in [2.75, 3.05) is 7.11 Å². The van der Waals surface area contributed by atoms with E-state index in [1.165, 1.54) is 15.0 Å². The first-order valence-electron chi connectivity index (χ1n) is 8.14. The smallest absolute Gasteiger partial charge is 0.269 e. The summed E-state index contributed by atoms with van der Waals surface area (Å²) in [7, 11) is 1.73. The third-order valence-electron chi connectivity index (χ3n) is 3.97. The molecule has 0 bridgehead atoms. The summed E-state index contributed by atoms with van der Waals surface area (Å²) in [6, 6.07) is 4.27. The average molecular weight is 388 g/mol. The second-order valence-corrected chi connectivity index (χ2v) is 9.72. The zero-order valence-electron chi connectivity index (χ0n) is 16.2. The summed E-state index contributed by atoms with van der Waals surface area (Å²) in [4.78, 5) is 0. The molecule has 1 aliphatic carbocycles. The Hall–Kier alpha value is -1.13. The second kappa shape index (κ2) is 9.00. The minimum atomic E-state index is -0.593. The molecule has 2 nitrogen and oxygen atoms in total. The van der Waals surface area contributed by atoms with Crippen LogP contribution in [-0.2, 0) is 30.4 Å². The van der Waals surface area contributed by atoms with Gasteiger partial charge in [-0.2, -0.15) is 0 Å². The first-order valence-corrected chi connectivity index (χ1v) is 9.56. The van der Waals surface area contributed by atoms with Crippen LogP contribution >= 0.6 is 0 Å². The van der Waals surface area contributed by atoms with Crippen LogP contribution in [-0.4, -0.2) is 7.11 Å². The Morgan fingerprint density at radius 1 is 0.920 bits per heavy atom. The Kier molecular flexibility index (Phi) is 8.59. The van der Waals surface area contributed by atoms with Gasteiger partial charge < -0.3 is 0 Å². The van der Waals surface area contributed by atoms with Crippen molar-refractivity contribution in [3.8, 4) is 11.5 Å². The van der Waals surface area contributed by atoms with E-state index in [1.54, 1.807) is 7.11 Å². The van der Waals surface area contributed by atoms with Crippen molar-refractivity contribution >= 4 is 0 Å². The molecule has 5 heteroatoms. The largest absolute Gasteiger partial charge is 0.269 e. The monoisotopic (exact) mass is 388 g/mol. The number of allylic oxidation sites excluding steroid dienone is 4. The molecular formula is C20H30F2O2Ti. The van der Waals surface area contributed by atoms with E-state index in [2.05, 4.69) is 71.9 Å². The van der Waals surface area contributed by atoms with E-state index < -0.39 is 19.5 Å². The maximum Gasteiger partial charge on any atom is -0.269 e. The van der Waals surface area contributed by atoms with Crippen LogP contribution < -0.4 is 8.06 Å². The van der Waals surface area contributed by atoms with E-state index in [1.807, 2.05) is 0 Å². The van der Waals surface area contributed by atoms with E-state index >= 15 is 0 Å². The zero-order chi connectivity index (χ0) is 17.3. The number of methoxy groups -OCH3 is 1.